The first-order valence-electron chi connectivity index (χ1n) is 18.1. The highest BCUT2D eigenvalue weighted by atomic mass is 28.3. The molecule has 0 atom stereocenters. The van der Waals surface area contributed by atoms with E-state index in [9.17, 15) is 0 Å². The van der Waals surface area contributed by atoms with E-state index < -0.39 is 16.1 Å². The van der Waals surface area contributed by atoms with Gasteiger partial charge in [0.15, 0.2) is 16.1 Å². The molecule has 0 aliphatic carbocycles. The molecule has 0 bridgehead atoms. The van der Waals surface area contributed by atoms with Gasteiger partial charge >= 0.3 is 0 Å². The zero-order valence-electron chi connectivity index (χ0n) is 32.2. The van der Waals surface area contributed by atoms with Crippen LogP contribution in [0.25, 0.3) is 0 Å². The van der Waals surface area contributed by atoms with Gasteiger partial charge in [-0.2, -0.15) is 0 Å². The van der Waals surface area contributed by atoms with Crippen LogP contribution >= 0.6 is 0 Å². The number of hydrogen-bond acceptors (Lipinski definition) is 0. The third-order valence-corrected chi connectivity index (χ3v) is 21.5. The molecule has 250 valence electrons. The van der Waals surface area contributed by atoms with Crippen molar-refractivity contribution < 1.29 is 0 Å². The Bertz CT molecular complexity index is 1710. The molecular weight excluding hydrogens is 609 g/mol. The van der Waals surface area contributed by atoms with Gasteiger partial charge in [0.1, 0.15) is 0 Å². The first kappa shape index (κ1) is 34.6. The van der Waals surface area contributed by atoms with Crippen LogP contribution in [-0.4, -0.2) is 16.1 Å². The molecule has 0 amide bonds. The highest BCUT2D eigenvalue weighted by Crippen LogP contribution is 2.58. The summed E-state index contributed by atoms with van der Waals surface area (Å²) in [5.41, 5.74) is 6.19. The zero-order valence-corrected chi connectivity index (χ0v) is 34.2. The highest BCUT2D eigenvalue weighted by Gasteiger charge is 2.69. The van der Waals surface area contributed by atoms with Crippen LogP contribution < -0.4 is 20.7 Å². The minimum absolute atomic E-state index is 0.0421. The molecule has 0 saturated heterocycles. The van der Waals surface area contributed by atoms with Gasteiger partial charge in [-0.25, -0.2) is 0 Å². The molecule has 0 unspecified atom stereocenters. The van der Waals surface area contributed by atoms with E-state index in [1.54, 1.807) is 41.5 Å². The van der Waals surface area contributed by atoms with Crippen molar-refractivity contribution in [1.29, 1.82) is 0 Å². The Labute approximate surface area is 294 Å². The van der Waals surface area contributed by atoms with Crippen molar-refractivity contribution >= 4 is 36.9 Å². The van der Waals surface area contributed by atoms with Crippen LogP contribution in [0.15, 0.2) is 118 Å². The van der Waals surface area contributed by atoms with E-state index >= 15 is 0 Å². The van der Waals surface area contributed by atoms with Crippen LogP contribution in [-0.2, 0) is 21.7 Å². The molecule has 0 aromatic heterocycles. The Morgan fingerprint density at radius 1 is 0.312 bits per heavy atom. The molecule has 4 aromatic carbocycles. The number of hydrogen-bond donors (Lipinski definition) is 0. The summed E-state index contributed by atoms with van der Waals surface area (Å²) in [6.45, 7) is 33.9. The molecule has 0 N–H and O–H groups in total. The predicted molar refractivity (Wildman–Crippen MR) is 216 cm³/mol. The van der Waals surface area contributed by atoms with Crippen LogP contribution in [0, 0.1) is 0 Å². The van der Waals surface area contributed by atoms with Crippen LogP contribution in [0.1, 0.15) is 119 Å². The van der Waals surface area contributed by atoms with E-state index in [1.165, 1.54) is 22.3 Å². The van der Waals surface area contributed by atoms with Gasteiger partial charge in [-0.15, -0.1) is 0 Å². The minimum atomic E-state index is -2.46. The van der Waals surface area contributed by atoms with E-state index in [1.807, 2.05) is 0 Å². The monoisotopic (exact) mass is 666 g/mol. The fourth-order valence-corrected chi connectivity index (χ4v) is 22.3. The van der Waals surface area contributed by atoms with Crippen LogP contribution in [0.3, 0.4) is 0 Å². The lowest BCUT2D eigenvalue weighted by Gasteiger charge is -2.34. The van der Waals surface area contributed by atoms with E-state index in [-0.39, 0.29) is 21.7 Å². The van der Waals surface area contributed by atoms with E-state index in [4.69, 9.17) is 0 Å². The second-order valence-corrected chi connectivity index (χ2v) is 26.3. The number of benzene rings is 4. The van der Waals surface area contributed by atoms with Crippen LogP contribution in [0.4, 0.5) is 0 Å². The summed E-state index contributed by atoms with van der Waals surface area (Å²) in [5, 5.41) is 13.2. The van der Waals surface area contributed by atoms with Crippen molar-refractivity contribution in [3.63, 3.8) is 0 Å². The van der Waals surface area contributed by atoms with Crippen molar-refractivity contribution in [3.8, 4) is 0 Å². The fraction of sp³-hybridized carbons (Fsp3) is 0.391. The molecule has 6 rings (SSSR count). The molecule has 0 radical (unpaired) electrons. The average Bonchev–Trinajstić information content (AvgIpc) is 3.83. The van der Waals surface area contributed by atoms with Crippen molar-refractivity contribution in [2.75, 3.05) is 0 Å². The average molecular weight is 667 g/mol. The molecule has 0 fully saturated rings. The van der Waals surface area contributed by atoms with Gasteiger partial charge < -0.3 is 0 Å². The summed E-state index contributed by atoms with van der Waals surface area (Å²) in [6.07, 6.45) is 0. The van der Waals surface area contributed by atoms with Gasteiger partial charge in [0.25, 0.3) is 0 Å². The lowest BCUT2D eigenvalue weighted by molar-refractivity contribution is 0.592. The summed E-state index contributed by atoms with van der Waals surface area (Å²) < 4.78 is 0. The number of allylic oxidation sites excluding steroid dienone is 4. The molecule has 0 saturated carbocycles. The maximum Gasteiger partial charge on any atom is 0.175 e. The van der Waals surface area contributed by atoms with E-state index in [2.05, 4.69) is 194 Å². The quantitative estimate of drug-likeness (QED) is 0.186. The topological polar surface area (TPSA) is 0 Å². The van der Waals surface area contributed by atoms with Gasteiger partial charge in [-0.1, -0.05) is 191 Å². The van der Waals surface area contributed by atoms with Gasteiger partial charge in [-0.05, 0) is 88.9 Å². The fourth-order valence-electron chi connectivity index (χ4n) is 9.06. The van der Waals surface area contributed by atoms with Crippen LogP contribution in [0.5, 0.6) is 0 Å². The Morgan fingerprint density at radius 2 is 0.500 bits per heavy atom. The molecular formula is C46H58Si2. The lowest BCUT2D eigenvalue weighted by Crippen LogP contribution is -2.58. The summed E-state index contributed by atoms with van der Waals surface area (Å²) >= 11 is 0. The molecule has 2 heteroatoms. The molecule has 48 heavy (non-hydrogen) atoms. The maximum atomic E-state index is 2.52. The second kappa shape index (κ2) is 11.2. The Kier molecular flexibility index (Phi) is 8.05. The normalized spacial score (nSPS) is 17.5. The summed E-state index contributed by atoms with van der Waals surface area (Å²) in [7, 11) is -4.92. The molecule has 4 aromatic rings. The molecule has 2 aliphatic rings. The van der Waals surface area contributed by atoms with Crippen LogP contribution in [0.2, 0.25) is 0 Å². The molecule has 0 nitrogen and oxygen atoms in total. The van der Waals surface area contributed by atoms with Crippen molar-refractivity contribution in [2.45, 2.75) is 119 Å². The van der Waals surface area contributed by atoms with Crippen molar-refractivity contribution in [2.24, 2.45) is 0 Å². The Hall–Kier alpha value is -3.21. The maximum absolute atomic E-state index is 2.52. The molecule has 0 spiro atoms. The standard InChI is InChI=1S/C46H58Si2/c1-31-41(47(31,37-27-19-15-23-33(37)43(3,4)5)38-28-20-16-24-34(38)44(6,7)8)42-32(2)48(42,39-29-21-17-25-35(39)45(9,10)11)40-30-22-18-26-36(40)46(12,13)14/h15-30H,1-14H3. The smallest absolute Gasteiger partial charge is 0.0702 e. The lowest BCUT2D eigenvalue weighted by atomic mass is 9.87. The predicted octanol–water partition coefficient (Wildman–Crippen LogP) is 9.52. The van der Waals surface area contributed by atoms with Gasteiger partial charge in [0, 0.05) is 0 Å². The molecule has 2 aliphatic heterocycles. The Balaban J connectivity index is 1.71. The highest BCUT2D eigenvalue weighted by molar-refractivity contribution is 7.29. The minimum Gasteiger partial charge on any atom is -0.0702 e. The third kappa shape index (κ3) is 5.12. The van der Waals surface area contributed by atoms with E-state index in [0.29, 0.717) is 0 Å². The largest absolute Gasteiger partial charge is 0.175 e. The Morgan fingerprint density at radius 3 is 0.688 bits per heavy atom. The van der Waals surface area contributed by atoms with Gasteiger partial charge in [0.05, 0.1) is 0 Å². The first-order chi connectivity index (χ1) is 22.2. The summed E-state index contributed by atoms with van der Waals surface area (Å²) in [5.74, 6) is 0. The SMILES string of the molecule is CC1=C(C2=C(C)[Si]2(c2ccccc2C(C)(C)C)c2ccccc2C(C)(C)C)[Si]1(c1ccccc1C(C)(C)C)c1ccccc1C(C)(C)C. The summed E-state index contributed by atoms with van der Waals surface area (Å²) in [6, 6.07) is 38.0. The second-order valence-electron chi connectivity index (χ2n) is 18.7. The zero-order chi connectivity index (χ0) is 35.2. The first-order valence-corrected chi connectivity index (χ1v) is 22.1. The third-order valence-electron chi connectivity index (χ3n) is 11.3. The number of rotatable bonds is 5. The molecule has 2 heterocycles. The van der Waals surface area contributed by atoms with Gasteiger partial charge in [-0.3, -0.25) is 0 Å². The van der Waals surface area contributed by atoms with Gasteiger partial charge in [0.2, 0.25) is 0 Å². The van der Waals surface area contributed by atoms with E-state index in [0.717, 1.165) is 0 Å². The van der Waals surface area contributed by atoms with Crippen molar-refractivity contribution in [3.05, 3.63) is 140 Å². The summed E-state index contributed by atoms with van der Waals surface area (Å²) in [4.78, 5) is 0. The van der Waals surface area contributed by atoms with Crippen molar-refractivity contribution in [1.82, 2.24) is 0 Å².